The molecule has 0 saturated heterocycles. The minimum absolute atomic E-state index is 0.0861. The second-order valence-electron chi connectivity index (χ2n) is 7.00. The molecule has 3 aromatic rings. The van der Waals surface area contributed by atoms with Crippen molar-refractivity contribution in [1.29, 1.82) is 0 Å². The summed E-state index contributed by atoms with van der Waals surface area (Å²) in [5.74, 6) is 3.37. The lowest BCUT2D eigenvalue weighted by Gasteiger charge is -2.32. The van der Waals surface area contributed by atoms with Crippen LogP contribution in [-0.2, 0) is 0 Å². The first-order valence-electron chi connectivity index (χ1n) is 9.30. The van der Waals surface area contributed by atoms with Crippen molar-refractivity contribution in [3.8, 4) is 17.6 Å². The number of benzene rings is 1. The van der Waals surface area contributed by atoms with Crippen LogP contribution in [0.4, 0.5) is 29.1 Å². The van der Waals surface area contributed by atoms with Crippen molar-refractivity contribution in [2.24, 2.45) is 0 Å². The number of anilines is 2. The molecule has 0 bridgehead atoms. The third-order valence-electron chi connectivity index (χ3n) is 4.69. The van der Waals surface area contributed by atoms with Gasteiger partial charge in [0.05, 0.1) is 17.8 Å². The summed E-state index contributed by atoms with van der Waals surface area (Å²) in [7, 11) is 0. The van der Waals surface area contributed by atoms with Crippen molar-refractivity contribution in [2.75, 3.05) is 17.2 Å². The predicted molar refractivity (Wildman–Crippen MR) is 106 cm³/mol. The monoisotopic (exact) mass is 445 g/mol. The molecule has 0 aliphatic carbocycles. The van der Waals surface area contributed by atoms with Crippen molar-refractivity contribution in [2.45, 2.75) is 19.3 Å². The number of halogens is 4. The second kappa shape index (κ2) is 7.88. The Balaban J connectivity index is 1.66. The maximum absolute atomic E-state index is 14.2. The molecule has 11 heteroatoms. The van der Waals surface area contributed by atoms with Gasteiger partial charge in [-0.2, -0.15) is 5.10 Å². The molecule has 0 radical (unpaired) electrons. The van der Waals surface area contributed by atoms with Gasteiger partial charge in [0.2, 0.25) is 0 Å². The van der Waals surface area contributed by atoms with E-state index >= 15 is 0 Å². The fourth-order valence-corrected chi connectivity index (χ4v) is 3.26. The molecule has 0 spiro atoms. The number of ether oxygens (including phenoxy) is 1. The largest absolute Gasteiger partial charge is 0.573 e. The molecule has 3 heterocycles. The number of aromatic nitrogens is 3. The summed E-state index contributed by atoms with van der Waals surface area (Å²) in [4.78, 5) is 18.4. The van der Waals surface area contributed by atoms with E-state index in [1.54, 1.807) is 19.1 Å². The number of amides is 1. The maximum Gasteiger partial charge on any atom is 0.573 e. The number of fused-ring (bicyclic) bond motifs is 1. The number of alkyl halides is 3. The molecule has 4 rings (SSSR count). The zero-order valence-corrected chi connectivity index (χ0v) is 16.5. The molecular weight excluding hydrogens is 430 g/mol. The van der Waals surface area contributed by atoms with E-state index in [0.717, 1.165) is 12.1 Å². The Morgan fingerprint density at radius 1 is 1.19 bits per heavy atom. The van der Waals surface area contributed by atoms with Gasteiger partial charge < -0.3 is 15.4 Å². The average molecular weight is 445 g/mol. The Labute approximate surface area is 179 Å². The standard InChI is InChI=1S/C21H15F4N5O2/c1-12-11-29(15-5-6-17(16(22)8-15)32-21(23,24)25)20(31)19-14(10-28-30(12)19)4-2-13-3-7-18(26)27-9-13/h3,5-10,12H,11H2,1H3,(H2,26,27). The lowest BCUT2D eigenvalue weighted by Crippen LogP contribution is -2.43. The summed E-state index contributed by atoms with van der Waals surface area (Å²) >= 11 is 0. The highest BCUT2D eigenvalue weighted by atomic mass is 19.4. The van der Waals surface area contributed by atoms with E-state index in [9.17, 15) is 22.4 Å². The maximum atomic E-state index is 14.2. The molecule has 2 aromatic heterocycles. The normalized spacial score (nSPS) is 15.7. The summed E-state index contributed by atoms with van der Waals surface area (Å²) in [5, 5.41) is 4.23. The molecule has 1 atom stereocenters. The summed E-state index contributed by atoms with van der Waals surface area (Å²) in [5.41, 5.74) is 6.75. The number of rotatable bonds is 2. The Bertz CT molecular complexity index is 1240. The molecule has 0 fully saturated rings. The SMILES string of the molecule is CC1CN(c2ccc(OC(F)(F)F)c(F)c2)C(=O)c2c(C#Cc3ccc(N)nc3)cnn21. The van der Waals surface area contributed by atoms with Crippen LogP contribution in [0.1, 0.15) is 34.6 Å². The van der Waals surface area contributed by atoms with Crippen molar-refractivity contribution in [3.63, 3.8) is 0 Å². The summed E-state index contributed by atoms with van der Waals surface area (Å²) in [6.45, 7) is 1.94. The van der Waals surface area contributed by atoms with Gasteiger partial charge in [-0.3, -0.25) is 9.48 Å². The van der Waals surface area contributed by atoms with Crippen LogP contribution in [-0.4, -0.2) is 33.6 Å². The Morgan fingerprint density at radius 3 is 2.62 bits per heavy atom. The van der Waals surface area contributed by atoms with E-state index in [0.29, 0.717) is 16.9 Å². The number of nitrogens with zero attached hydrogens (tertiary/aromatic N) is 4. The molecule has 1 aliphatic rings. The number of pyridine rings is 1. The molecule has 1 aliphatic heterocycles. The number of nitrogens with two attached hydrogens (primary N) is 1. The van der Waals surface area contributed by atoms with Gasteiger partial charge in [-0.1, -0.05) is 11.8 Å². The van der Waals surface area contributed by atoms with E-state index in [-0.39, 0.29) is 24.0 Å². The quantitative estimate of drug-likeness (QED) is 0.482. The van der Waals surface area contributed by atoms with Gasteiger partial charge in [-0.15, -0.1) is 13.2 Å². The molecular formula is C21H15F4N5O2. The second-order valence-corrected chi connectivity index (χ2v) is 7.00. The number of nitrogen functional groups attached to an aromatic ring is 1. The molecule has 1 unspecified atom stereocenters. The van der Waals surface area contributed by atoms with Crippen LogP contribution in [0, 0.1) is 17.7 Å². The topological polar surface area (TPSA) is 86.3 Å². The van der Waals surface area contributed by atoms with Crippen molar-refractivity contribution in [1.82, 2.24) is 14.8 Å². The van der Waals surface area contributed by atoms with Crippen LogP contribution in [0.15, 0.2) is 42.7 Å². The molecule has 1 aromatic carbocycles. The van der Waals surface area contributed by atoms with Gasteiger partial charge in [0, 0.05) is 30.1 Å². The number of carbonyl (C=O) groups excluding carboxylic acids is 1. The zero-order valence-electron chi connectivity index (χ0n) is 16.5. The van der Waals surface area contributed by atoms with E-state index < -0.39 is 23.8 Å². The molecule has 0 saturated carbocycles. The van der Waals surface area contributed by atoms with Crippen LogP contribution >= 0.6 is 0 Å². The number of hydrogen-bond acceptors (Lipinski definition) is 5. The van der Waals surface area contributed by atoms with Gasteiger partial charge in [0.15, 0.2) is 11.6 Å². The Hall–Kier alpha value is -4.07. The lowest BCUT2D eigenvalue weighted by molar-refractivity contribution is -0.275. The van der Waals surface area contributed by atoms with Gasteiger partial charge in [0.1, 0.15) is 11.5 Å². The summed E-state index contributed by atoms with van der Waals surface area (Å²) in [6.07, 6.45) is -2.09. The van der Waals surface area contributed by atoms with Crippen LogP contribution in [0.3, 0.4) is 0 Å². The molecule has 32 heavy (non-hydrogen) atoms. The third-order valence-corrected chi connectivity index (χ3v) is 4.69. The smallest absolute Gasteiger partial charge is 0.403 e. The Morgan fingerprint density at radius 2 is 1.97 bits per heavy atom. The summed E-state index contributed by atoms with van der Waals surface area (Å²) in [6, 6.07) is 5.82. The highest BCUT2D eigenvalue weighted by molar-refractivity contribution is 6.07. The first-order chi connectivity index (χ1) is 15.1. The first-order valence-corrected chi connectivity index (χ1v) is 9.30. The predicted octanol–water partition coefficient (Wildman–Crippen LogP) is 3.52. The highest BCUT2D eigenvalue weighted by Gasteiger charge is 2.35. The molecule has 2 N–H and O–H groups in total. The minimum Gasteiger partial charge on any atom is -0.403 e. The lowest BCUT2D eigenvalue weighted by atomic mass is 10.1. The van der Waals surface area contributed by atoms with Crippen molar-refractivity contribution in [3.05, 3.63) is 65.4 Å². The first kappa shape index (κ1) is 21.2. The minimum atomic E-state index is -5.03. The fourth-order valence-electron chi connectivity index (χ4n) is 3.26. The van der Waals surface area contributed by atoms with E-state index in [1.807, 2.05) is 0 Å². The van der Waals surface area contributed by atoms with Gasteiger partial charge in [0.25, 0.3) is 5.91 Å². The molecule has 164 valence electrons. The number of hydrogen-bond donors (Lipinski definition) is 1. The van der Waals surface area contributed by atoms with E-state index in [1.165, 1.54) is 28.0 Å². The zero-order chi connectivity index (χ0) is 23.0. The van der Waals surface area contributed by atoms with Crippen molar-refractivity contribution >= 4 is 17.4 Å². The fraction of sp³-hybridized carbons (Fsp3) is 0.190. The van der Waals surface area contributed by atoms with Crippen molar-refractivity contribution < 1.29 is 27.1 Å². The Kier molecular flexibility index (Phi) is 5.22. The van der Waals surface area contributed by atoms with Gasteiger partial charge in [-0.25, -0.2) is 9.37 Å². The summed E-state index contributed by atoms with van der Waals surface area (Å²) < 4.78 is 56.5. The third kappa shape index (κ3) is 4.20. The van der Waals surface area contributed by atoms with Crippen LogP contribution < -0.4 is 15.4 Å². The van der Waals surface area contributed by atoms with Crippen LogP contribution in [0.5, 0.6) is 5.75 Å². The average Bonchev–Trinajstić information content (AvgIpc) is 3.16. The van der Waals surface area contributed by atoms with Gasteiger partial charge >= 0.3 is 6.36 Å². The van der Waals surface area contributed by atoms with E-state index in [4.69, 9.17) is 5.73 Å². The van der Waals surface area contributed by atoms with Crippen LogP contribution in [0.2, 0.25) is 0 Å². The van der Waals surface area contributed by atoms with Crippen LogP contribution in [0.25, 0.3) is 0 Å². The van der Waals surface area contributed by atoms with Gasteiger partial charge in [-0.05, 0) is 31.2 Å². The molecule has 1 amide bonds. The molecule has 7 nitrogen and oxygen atoms in total. The highest BCUT2D eigenvalue weighted by Crippen LogP contribution is 2.32. The number of carbonyl (C=O) groups is 1. The van der Waals surface area contributed by atoms with E-state index in [2.05, 4.69) is 26.7 Å².